The van der Waals surface area contributed by atoms with Crippen LogP contribution in [0.3, 0.4) is 0 Å². The Balaban J connectivity index is -0.000000128. The Morgan fingerprint density at radius 2 is 0.148 bits per heavy atom. The molecule has 0 aliphatic rings. The molecule has 0 amide bonds. The minimum atomic E-state index is -1.11. The van der Waals surface area contributed by atoms with Gasteiger partial charge < -0.3 is 123 Å². The van der Waals surface area contributed by atoms with Crippen LogP contribution in [0.15, 0.2) is 0 Å². The molecule has 0 aromatic rings. The fourth-order valence-electron chi connectivity index (χ4n) is 1.80. The first-order valence-electron chi connectivity index (χ1n) is 16.1. The highest BCUT2D eigenvalue weighted by atomic mass is 16.3. The normalized spacial score (nSPS) is 12.0. The average Bonchev–Trinajstić information content (AvgIpc) is 3.25. The molecule has 0 aliphatic carbocycles. The predicted octanol–water partition coefficient (Wildman–Crippen LogP) is -12.3. The largest absolute Gasteiger partial charge is 0.396 e. The van der Waals surface area contributed by atoms with Gasteiger partial charge in [0.15, 0.2) is 0 Å². The van der Waals surface area contributed by atoms with Gasteiger partial charge in [-0.1, -0.05) is 0 Å². The Bertz CT molecular complexity index is 466. The second kappa shape index (κ2) is 38.9. The van der Waals surface area contributed by atoms with E-state index in [1.54, 1.807) is 0 Å². The second-order valence-electron chi connectivity index (χ2n) is 12.8. The first-order valence-corrected chi connectivity index (χ1v) is 16.1. The summed E-state index contributed by atoms with van der Waals surface area (Å²) in [6.07, 6.45) is 0. The monoisotopic (exact) mass is 816 g/mol. The lowest BCUT2D eigenvalue weighted by molar-refractivity contribution is -0.0332. The van der Waals surface area contributed by atoms with Crippen molar-refractivity contribution in [3.63, 3.8) is 0 Å². The average molecular weight is 817 g/mol. The van der Waals surface area contributed by atoms with Gasteiger partial charge in [-0.05, 0) is 0 Å². The van der Waals surface area contributed by atoms with Gasteiger partial charge in [0, 0.05) is 0 Å². The molecule has 0 aromatic heterocycles. The van der Waals surface area contributed by atoms with E-state index < -0.39 is 191 Å². The molecule has 0 unspecified atom stereocenters. The van der Waals surface area contributed by atoms with Crippen LogP contribution in [0.5, 0.6) is 0 Å². The van der Waals surface area contributed by atoms with Crippen LogP contribution < -0.4 is 0 Å². The van der Waals surface area contributed by atoms with Crippen molar-refractivity contribution < 1.29 is 123 Å². The number of aliphatic hydroxyl groups is 24. The van der Waals surface area contributed by atoms with E-state index in [2.05, 4.69) is 0 Å². The lowest BCUT2D eigenvalue weighted by Crippen LogP contribution is -2.37. The Kier molecular flexibility index (Phi) is 46.8. The SMILES string of the molecule is OCC(CO)(CO)CO.OCC(CO)(CO)CO.OCC(CO)(CO)CO.OCC(CO)(CO)CO.OCC(CO)(CO)CO.OCC(CO)(CO)CO. The summed E-state index contributed by atoms with van der Waals surface area (Å²) in [5.74, 6) is 0. The van der Waals surface area contributed by atoms with E-state index in [-0.39, 0.29) is 0 Å². The Morgan fingerprint density at radius 3 is 0.148 bits per heavy atom. The van der Waals surface area contributed by atoms with E-state index in [0.29, 0.717) is 0 Å². The summed E-state index contributed by atoms with van der Waals surface area (Å²) in [7, 11) is 0. The summed E-state index contributed by atoms with van der Waals surface area (Å²) in [6.45, 7) is -9.75. The van der Waals surface area contributed by atoms with Crippen molar-refractivity contribution >= 4 is 0 Å². The molecule has 0 heterocycles. The van der Waals surface area contributed by atoms with Gasteiger partial charge in [-0.25, -0.2) is 0 Å². The van der Waals surface area contributed by atoms with Crippen LogP contribution in [-0.2, 0) is 0 Å². The maximum atomic E-state index is 8.50. The van der Waals surface area contributed by atoms with Crippen LogP contribution in [0.4, 0.5) is 0 Å². The fourth-order valence-corrected chi connectivity index (χ4v) is 1.80. The summed E-state index contributed by atoms with van der Waals surface area (Å²) >= 11 is 0. The van der Waals surface area contributed by atoms with Gasteiger partial charge in [-0.2, -0.15) is 0 Å². The molecule has 0 saturated heterocycles. The van der Waals surface area contributed by atoms with Gasteiger partial charge >= 0.3 is 0 Å². The van der Waals surface area contributed by atoms with E-state index >= 15 is 0 Å². The van der Waals surface area contributed by atoms with E-state index in [1.807, 2.05) is 0 Å². The van der Waals surface area contributed by atoms with Crippen molar-refractivity contribution in [3.05, 3.63) is 0 Å². The lowest BCUT2D eigenvalue weighted by atomic mass is 9.93. The van der Waals surface area contributed by atoms with E-state index in [9.17, 15) is 0 Å². The molecule has 0 fully saturated rings. The molecule has 54 heavy (non-hydrogen) atoms. The maximum absolute atomic E-state index is 8.50. The minimum Gasteiger partial charge on any atom is -0.396 e. The van der Waals surface area contributed by atoms with Gasteiger partial charge in [0.2, 0.25) is 0 Å². The summed E-state index contributed by atoms with van der Waals surface area (Å²) in [5, 5.41) is 204. The molecule has 0 atom stereocenters. The molecule has 0 rings (SSSR count). The summed E-state index contributed by atoms with van der Waals surface area (Å²) in [4.78, 5) is 0. The molecular formula is C30H72O24. The van der Waals surface area contributed by atoms with Crippen LogP contribution >= 0.6 is 0 Å². The molecule has 0 spiro atoms. The Morgan fingerprint density at radius 1 is 0.111 bits per heavy atom. The molecule has 0 aromatic carbocycles. The third kappa shape index (κ3) is 25.3. The zero-order chi connectivity index (χ0) is 44.0. The molecule has 24 heteroatoms. The number of hydrogen-bond donors (Lipinski definition) is 24. The van der Waals surface area contributed by atoms with Crippen molar-refractivity contribution in [1.29, 1.82) is 0 Å². The van der Waals surface area contributed by atoms with Crippen molar-refractivity contribution in [1.82, 2.24) is 0 Å². The van der Waals surface area contributed by atoms with Gasteiger partial charge in [-0.15, -0.1) is 0 Å². The van der Waals surface area contributed by atoms with Crippen molar-refractivity contribution in [3.8, 4) is 0 Å². The van der Waals surface area contributed by atoms with Crippen molar-refractivity contribution in [2.75, 3.05) is 159 Å². The van der Waals surface area contributed by atoms with Crippen LogP contribution in [0, 0.1) is 32.5 Å². The van der Waals surface area contributed by atoms with Crippen LogP contribution in [-0.4, -0.2) is 281 Å². The number of aliphatic hydroxyl groups excluding tert-OH is 24. The van der Waals surface area contributed by atoms with Gasteiger partial charge in [0.05, 0.1) is 191 Å². The van der Waals surface area contributed by atoms with Gasteiger partial charge in [0.25, 0.3) is 0 Å². The molecule has 24 N–H and O–H groups in total. The number of rotatable bonds is 24. The third-order valence-corrected chi connectivity index (χ3v) is 8.05. The van der Waals surface area contributed by atoms with E-state index in [1.165, 1.54) is 0 Å². The quantitative estimate of drug-likeness (QED) is 0.0430. The van der Waals surface area contributed by atoms with E-state index in [0.717, 1.165) is 0 Å². The van der Waals surface area contributed by atoms with Crippen LogP contribution in [0.25, 0.3) is 0 Å². The van der Waals surface area contributed by atoms with Crippen molar-refractivity contribution in [2.45, 2.75) is 0 Å². The summed E-state index contributed by atoms with van der Waals surface area (Å²) < 4.78 is 0. The first kappa shape index (κ1) is 64.9. The smallest absolute Gasteiger partial charge is 0.0627 e. The molecule has 0 radical (unpaired) electrons. The third-order valence-electron chi connectivity index (χ3n) is 8.05. The van der Waals surface area contributed by atoms with Crippen LogP contribution in [0.2, 0.25) is 0 Å². The molecule has 0 saturated carbocycles. The molecule has 24 nitrogen and oxygen atoms in total. The summed E-state index contributed by atoms with van der Waals surface area (Å²) in [6, 6.07) is 0. The van der Waals surface area contributed by atoms with Crippen LogP contribution in [0.1, 0.15) is 0 Å². The molecule has 0 aliphatic heterocycles. The fraction of sp³-hybridized carbons (Fsp3) is 1.00. The zero-order valence-electron chi connectivity index (χ0n) is 30.7. The highest BCUT2D eigenvalue weighted by Crippen LogP contribution is 2.15. The Labute approximate surface area is 313 Å². The molecule has 0 bridgehead atoms. The maximum Gasteiger partial charge on any atom is 0.0627 e. The highest BCUT2D eigenvalue weighted by molar-refractivity contribution is 4.78. The Hall–Kier alpha value is -0.960. The lowest BCUT2D eigenvalue weighted by Gasteiger charge is -2.23. The minimum absolute atomic E-state index is 0.406. The zero-order valence-corrected chi connectivity index (χ0v) is 30.7. The molecule has 336 valence electrons. The first-order chi connectivity index (χ1) is 25.5. The highest BCUT2D eigenvalue weighted by Gasteiger charge is 2.29. The number of hydrogen-bond acceptors (Lipinski definition) is 24. The topological polar surface area (TPSA) is 486 Å². The molecular weight excluding hydrogens is 744 g/mol. The van der Waals surface area contributed by atoms with Crippen molar-refractivity contribution in [2.24, 2.45) is 32.5 Å². The second-order valence-corrected chi connectivity index (χ2v) is 12.8. The van der Waals surface area contributed by atoms with Gasteiger partial charge in [-0.3, -0.25) is 0 Å². The summed E-state index contributed by atoms with van der Waals surface area (Å²) in [5.41, 5.74) is -6.67. The predicted molar refractivity (Wildman–Crippen MR) is 185 cm³/mol. The standard InChI is InChI=1S/6C5H12O4/c6*6-1-5(2-7,3-8)4-9/h6*6-9H,1-4H2. The van der Waals surface area contributed by atoms with Gasteiger partial charge in [0.1, 0.15) is 0 Å². The van der Waals surface area contributed by atoms with E-state index in [4.69, 9.17) is 123 Å².